The summed E-state index contributed by atoms with van der Waals surface area (Å²) in [6.07, 6.45) is 0.809. The van der Waals surface area contributed by atoms with Gasteiger partial charge in [-0.2, -0.15) is 0 Å². The quantitative estimate of drug-likeness (QED) is 0.542. The summed E-state index contributed by atoms with van der Waals surface area (Å²) >= 11 is 0. The van der Waals surface area contributed by atoms with Crippen molar-refractivity contribution < 1.29 is 14.6 Å². The van der Waals surface area contributed by atoms with Gasteiger partial charge in [0.15, 0.2) is 0 Å². The standard InChI is InChI=1S/C13H29NO3/c1-5-16-7-6-14-9-13(15)10-17-12(4)8-11(2)3/h11-15H,5-10H2,1-4H3. The summed E-state index contributed by atoms with van der Waals surface area (Å²) < 4.78 is 10.8. The van der Waals surface area contributed by atoms with Crippen molar-refractivity contribution in [2.75, 3.05) is 32.9 Å². The van der Waals surface area contributed by atoms with Crippen LogP contribution < -0.4 is 5.32 Å². The van der Waals surface area contributed by atoms with Gasteiger partial charge in [0.1, 0.15) is 0 Å². The highest BCUT2D eigenvalue weighted by Crippen LogP contribution is 2.07. The van der Waals surface area contributed by atoms with Gasteiger partial charge in [-0.25, -0.2) is 0 Å². The highest BCUT2D eigenvalue weighted by atomic mass is 16.5. The second kappa shape index (κ2) is 11.0. The molecule has 4 heteroatoms. The Kier molecular flexibility index (Phi) is 10.9. The second-order valence-corrected chi connectivity index (χ2v) is 4.83. The van der Waals surface area contributed by atoms with Crippen molar-refractivity contribution in [3.05, 3.63) is 0 Å². The van der Waals surface area contributed by atoms with Crippen LogP contribution >= 0.6 is 0 Å². The van der Waals surface area contributed by atoms with Gasteiger partial charge >= 0.3 is 0 Å². The van der Waals surface area contributed by atoms with E-state index in [1.165, 1.54) is 0 Å². The van der Waals surface area contributed by atoms with Crippen molar-refractivity contribution in [3.63, 3.8) is 0 Å². The Labute approximate surface area is 106 Å². The minimum atomic E-state index is -0.439. The predicted octanol–water partition coefficient (Wildman–Crippen LogP) is 1.42. The van der Waals surface area contributed by atoms with Crippen LogP contribution in [0.4, 0.5) is 0 Å². The Morgan fingerprint density at radius 2 is 1.94 bits per heavy atom. The van der Waals surface area contributed by atoms with Crippen LogP contribution in [0, 0.1) is 5.92 Å². The van der Waals surface area contributed by atoms with E-state index < -0.39 is 6.10 Å². The van der Waals surface area contributed by atoms with Crippen molar-refractivity contribution in [1.29, 1.82) is 0 Å². The molecule has 0 aliphatic heterocycles. The number of rotatable bonds is 11. The van der Waals surface area contributed by atoms with E-state index in [4.69, 9.17) is 9.47 Å². The summed E-state index contributed by atoms with van der Waals surface area (Å²) in [5.41, 5.74) is 0. The third-order valence-electron chi connectivity index (χ3n) is 2.38. The van der Waals surface area contributed by atoms with E-state index in [1.807, 2.05) is 6.92 Å². The maximum absolute atomic E-state index is 9.66. The summed E-state index contributed by atoms with van der Waals surface area (Å²) in [4.78, 5) is 0. The lowest BCUT2D eigenvalue weighted by Gasteiger charge is -2.18. The van der Waals surface area contributed by atoms with Gasteiger partial charge in [-0.1, -0.05) is 13.8 Å². The number of nitrogens with one attached hydrogen (secondary N) is 1. The van der Waals surface area contributed by atoms with Crippen molar-refractivity contribution in [2.45, 2.75) is 46.3 Å². The number of aliphatic hydroxyl groups excluding tert-OH is 1. The minimum absolute atomic E-state index is 0.216. The van der Waals surface area contributed by atoms with Crippen LogP contribution in [0.1, 0.15) is 34.1 Å². The molecule has 0 fully saturated rings. The van der Waals surface area contributed by atoms with Crippen molar-refractivity contribution >= 4 is 0 Å². The first-order valence-corrected chi connectivity index (χ1v) is 6.64. The number of hydrogen-bond donors (Lipinski definition) is 2. The highest BCUT2D eigenvalue weighted by molar-refractivity contribution is 4.61. The molecule has 4 nitrogen and oxygen atoms in total. The molecule has 0 heterocycles. The lowest BCUT2D eigenvalue weighted by atomic mass is 10.1. The van der Waals surface area contributed by atoms with Crippen LogP contribution in [0.25, 0.3) is 0 Å². The van der Waals surface area contributed by atoms with Crippen LogP contribution in [0.2, 0.25) is 0 Å². The number of aliphatic hydroxyl groups is 1. The summed E-state index contributed by atoms with van der Waals surface area (Å²) in [7, 11) is 0. The topological polar surface area (TPSA) is 50.7 Å². The maximum atomic E-state index is 9.66. The summed E-state index contributed by atoms with van der Waals surface area (Å²) in [6.45, 7) is 11.5. The van der Waals surface area contributed by atoms with E-state index in [2.05, 4.69) is 26.1 Å². The monoisotopic (exact) mass is 247 g/mol. The zero-order chi connectivity index (χ0) is 13.1. The van der Waals surface area contributed by atoms with Gasteiger partial charge in [-0.15, -0.1) is 0 Å². The molecule has 0 saturated carbocycles. The first-order chi connectivity index (χ1) is 8.06. The first kappa shape index (κ1) is 16.8. The molecule has 2 atom stereocenters. The fourth-order valence-corrected chi connectivity index (χ4v) is 1.62. The van der Waals surface area contributed by atoms with Gasteiger partial charge in [0.25, 0.3) is 0 Å². The van der Waals surface area contributed by atoms with Crippen LogP contribution in [0.15, 0.2) is 0 Å². The smallest absolute Gasteiger partial charge is 0.0897 e. The molecule has 2 unspecified atom stereocenters. The molecule has 0 aliphatic rings. The lowest BCUT2D eigenvalue weighted by molar-refractivity contribution is -0.00891. The molecule has 0 bridgehead atoms. The Balaban J connectivity index is 3.36. The van der Waals surface area contributed by atoms with Gasteiger partial charge in [-0.3, -0.25) is 0 Å². The largest absolute Gasteiger partial charge is 0.389 e. The summed E-state index contributed by atoms with van der Waals surface area (Å²) in [6, 6.07) is 0. The predicted molar refractivity (Wildman–Crippen MR) is 70.2 cm³/mol. The molecule has 2 N–H and O–H groups in total. The molecule has 0 aromatic heterocycles. The molecule has 0 spiro atoms. The fraction of sp³-hybridized carbons (Fsp3) is 1.00. The number of hydrogen-bond acceptors (Lipinski definition) is 4. The Hall–Kier alpha value is -0.160. The number of ether oxygens (including phenoxy) is 2. The third-order valence-corrected chi connectivity index (χ3v) is 2.38. The van der Waals surface area contributed by atoms with E-state index in [-0.39, 0.29) is 6.10 Å². The minimum Gasteiger partial charge on any atom is -0.389 e. The zero-order valence-corrected chi connectivity index (χ0v) is 11.7. The summed E-state index contributed by atoms with van der Waals surface area (Å²) in [5.74, 6) is 0.631. The van der Waals surface area contributed by atoms with Crippen LogP contribution in [0.3, 0.4) is 0 Å². The molecular weight excluding hydrogens is 218 g/mol. The summed E-state index contributed by atoms with van der Waals surface area (Å²) in [5, 5.41) is 12.8. The zero-order valence-electron chi connectivity index (χ0n) is 11.7. The van der Waals surface area contributed by atoms with E-state index in [0.29, 0.717) is 25.7 Å². The molecular formula is C13H29NO3. The molecule has 0 aromatic carbocycles. The average Bonchev–Trinajstić information content (AvgIpc) is 2.25. The van der Waals surface area contributed by atoms with Crippen LogP contribution in [0.5, 0.6) is 0 Å². The van der Waals surface area contributed by atoms with Crippen molar-refractivity contribution in [1.82, 2.24) is 5.32 Å². The molecule has 0 aliphatic carbocycles. The van der Waals surface area contributed by atoms with Gasteiger partial charge in [-0.05, 0) is 26.2 Å². The van der Waals surface area contributed by atoms with E-state index in [1.54, 1.807) is 0 Å². The Morgan fingerprint density at radius 1 is 1.24 bits per heavy atom. The van der Waals surface area contributed by atoms with Crippen LogP contribution in [-0.4, -0.2) is 50.2 Å². The second-order valence-electron chi connectivity index (χ2n) is 4.83. The molecule has 0 radical (unpaired) electrons. The SMILES string of the molecule is CCOCCNCC(O)COC(C)CC(C)C. The van der Waals surface area contributed by atoms with Gasteiger partial charge in [0.2, 0.25) is 0 Å². The molecule has 104 valence electrons. The van der Waals surface area contributed by atoms with Crippen molar-refractivity contribution in [3.8, 4) is 0 Å². The van der Waals surface area contributed by atoms with E-state index >= 15 is 0 Å². The molecule has 0 saturated heterocycles. The van der Waals surface area contributed by atoms with Gasteiger partial charge in [0.05, 0.1) is 25.4 Å². The molecule has 0 rings (SSSR count). The normalized spacial score (nSPS) is 15.2. The van der Waals surface area contributed by atoms with Gasteiger partial charge in [0, 0.05) is 19.7 Å². The van der Waals surface area contributed by atoms with Gasteiger partial charge < -0.3 is 19.9 Å². The van der Waals surface area contributed by atoms with E-state index in [0.717, 1.165) is 19.6 Å². The molecule has 0 amide bonds. The third kappa shape index (κ3) is 12.1. The van der Waals surface area contributed by atoms with E-state index in [9.17, 15) is 5.11 Å². The first-order valence-electron chi connectivity index (χ1n) is 6.64. The molecule has 17 heavy (non-hydrogen) atoms. The average molecular weight is 247 g/mol. The van der Waals surface area contributed by atoms with Crippen LogP contribution in [-0.2, 0) is 9.47 Å². The maximum Gasteiger partial charge on any atom is 0.0897 e. The Bertz CT molecular complexity index is 165. The fourth-order valence-electron chi connectivity index (χ4n) is 1.62. The van der Waals surface area contributed by atoms with Crippen molar-refractivity contribution in [2.24, 2.45) is 5.92 Å². The lowest BCUT2D eigenvalue weighted by Crippen LogP contribution is -2.33. The molecule has 0 aromatic rings. The highest BCUT2D eigenvalue weighted by Gasteiger charge is 2.09. The Morgan fingerprint density at radius 3 is 2.53 bits per heavy atom.